The highest BCUT2D eigenvalue weighted by Crippen LogP contribution is 2.26. The van der Waals surface area contributed by atoms with Gasteiger partial charge in [-0.25, -0.2) is 23.6 Å². The molecule has 0 saturated heterocycles. The predicted octanol–water partition coefficient (Wildman–Crippen LogP) is -3.46. The van der Waals surface area contributed by atoms with Gasteiger partial charge in [0.05, 0.1) is 23.7 Å². The molecule has 6 nitrogen and oxygen atoms in total. The van der Waals surface area contributed by atoms with Crippen molar-refractivity contribution in [2.45, 2.75) is 0 Å². The molecule has 0 saturated carbocycles. The van der Waals surface area contributed by atoms with Crippen LogP contribution in [0.5, 0.6) is 0 Å². The molecule has 2 aliphatic heterocycles. The Balaban J connectivity index is 0.000000257. The maximum absolute atomic E-state index is 8.49. The first kappa shape index (κ1) is 14.4. The van der Waals surface area contributed by atoms with E-state index in [4.69, 9.17) is 23.4 Å². The molecule has 2 aliphatic rings. The summed E-state index contributed by atoms with van der Waals surface area (Å²) in [7, 11) is -4.94. The van der Waals surface area contributed by atoms with Crippen LogP contribution < -0.4 is 23.6 Å². The van der Waals surface area contributed by atoms with Crippen molar-refractivity contribution in [3.8, 4) is 0 Å². The van der Waals surface area contributed by atoms with E-state index in [0.717, 1.165) is 5.69 Å². The molecule has 0 aromatic heterocycles. The van der Waals surface area contributed by atoms with Gasteiger partial charge in [-0.05, 0) is 23.8 Å². The van der Waals surface area contributed by atoms with E-state index in [2.05, 4.69) is 17.1 Å². The van der Waals surface area contributed by atoms with E-state index in [9.17, 15) is 0 Å². The number of rotatable bonds is 0. The second-order valence-electron chi connectivity index (χ2n) is 3.82. The molecule has 0 unspecified atom stereocenters. The minimum atomic E-state index is -4.94. The number of fused-ring (bicyclic) bond motifs is 1. The monoisotopic (exact) mass is 295 g/mol. The van der Waals surface area contributed by atoms with Gasteiger partial charge >= 0.3 is 0 Å². The lowest BCUT2D eigenvalue weighted by atomic mass is 10.0. The van der Waals surface area contributed by atoms with Crippen molar-refractivity contribution in [1.29, 1.82) is 0 Å². The third-order valence-electron chi connectivity index (χ3n) is 2.55. The third kappa shape index (κ3) is 4.02. The van der Waals surface area contributed by atoms with Crippen LogP contribution in [0.25, 0.3) is 5.57 Å². The van der Waals surface area contributed by atoms with Crippen molar-refractivity contribution >= 4 is 17.5 Å². The fourth-order valence-electron chi connectivity index (χ4n) is 1.82. The molecule has 0 bridgehead atoms. The highest BCUT2D eigenvalue weighted by Gasteiger charge is 2.19. The molecule has 20 heavy (non-hydrogen) atoms. The molecule has 0 atom stereocenters. The number of benzene rings is 1. The smallest absolute Gasteiger partial charge is 0.211 e. The van der Waals surface area contributed by atoms with Gasteiger partial charge in [-0.2, -0.15) is 0 Å². The van der Waals surface area contributed by atoms with Crippen LogP contribution in [0.1, 0.15) is 5.56 Å². The molecule has 7 heteroatoms. The highest BCUT2D eigenvalue weighted by molar-refractivity contribution is 6.13. The van der Waals surface area contributed by atoms with Gasteiger partial charge in [0, 0.05) is 6.07 Å². The summed E-state index contributed by atoms with van der Waals surface area (Å²) in [6, 6.07) is 8.27. The van der Waals surface area contributed by atoms with Gasteiger partial charge in [0.1, 0.15) is 0 Å². The Kier molecular flexibility index (Phi) is 4.33. The van der Waals surface area contributed by atoms with Crippen molar-refractivity contribution in [1.82, 2.24) is 0 Å². The molecular formula is C13H10ClNO5. The van der Waals surface area contributed by atoms with Crippen molar-refractivity contribution in [2.75, 3.05) is 0 Å². The SMILES string of the molecule is C1=CC(=C2C=[NH+]c3ccccc32)C=CO1.[O-][Cl+3]([O-])([O-])[O-]. The fourth-order valence-corrected chi connectivity index (χ4v) is 1.82. The van der Waals surface area contributed by atoms with Crippen molar-refractivity contribution in [2.24, 2.45) is 0 Å². The lowest BCUT2D eigenvalue weighted by Gasteiger charge is -2.17. The lowest BCUT2D eigenvalue weighted by Crippen LogP contribution is -2.68. The summed E-state index contributed by atoms with van der Waals surface area (Å²) in [5.41, 5.74) is 4.78. The van der Waals surface area contributed by atoms with Gasteiger partial charge in [-0.1, -0.05) is 12.1 Å². The maximum Gasteiger partial charge on any atom is 0.211 e. The van der Waals surface area contributed by atoms with Gasteiger partial charge in [-0.3, -0.25) is 0 Å². The molecule has 0 radical (unpaired) electrons. The van der Waals surface area contributed by atoms with E-state index in [-0.39, 0.29) is 0 Å². The van der Waals surface area contributed by atoms with Crippen LogP contribution in [-0.4, -0.2) is 6.21 Å². The van der Waals surface area contributed by atoms with Crippen LogP contribution in [0.4, 0.5) is 5.69 Å². The Morgan fingerprint density at radius 2 is 1.55 bits per heavy atom. The van der Waals surface area contributed by atoms with E-state index in [1.807, 2.05) is 30.5 Å². The van der Waals surface area contributed by atoms with Crippen LogP contribution in [0.2, 0.25) is 0 Å². The van der Waals surface area contributed by atoms with Crippen LogP contribution in [0.3, 0.4) is 0 Å². The number of hydrogen-bond acceptors (Lipinski definition) is 5. The van der Waals surface area contributed by atoms with Crippen molar-refractivity contribution in [3.05, 3.63) is 60.1 Å². The average molecular weight is 296 g/mol. The zero-order valence-electron chi connectivity index (χ0n) is 10.1. The molecule has 1 N–H and O–H groups in total. The van der Waals surface area contributed by atoms with Gasteiger partial charge < -0.3 is 4.74 Å². The first-order valence-electron chi connectivity index (χ1n) is 5.49. The molecule has 0 amide bonds. The zero-order valence-corrected chi connectivity index (χ0v) is 10.9. The summed E-state index contributed by atoms with van der Waals surface area (Å²) in [5.74, 6) is 0. The molecule has 0 aliphatic carbocycles. The molecule has 0 spiro atoms. The van der Waals surface area contributed by atoms with Crippen LogP contribution in [0.15, 0.2) is 54.5 Å². The van der Waals surface area contributed by atoms with E-state index >= 15 is 0 Å². The summed E-state index contributed by atoms with van der Waals surface area (Å²) in [6.45, 7) is 0. The summed E-state index contributed by atoms with van der Waals surface area (Å²) in [4.78, 5) is 3.26. The summed E-state index contributed by atoms with van der Waals surface area (Å²) in [5, 5.41) is 0. The Hall–Kier alpha value is -1.96. The fraction of sp³-hybridized carbons (Fsp3) is 0. The van der Waals surface area contributed by atoms with Crippen molar-refractivity contribution in [3.63, 3.8) is 0 Å². The average Bonchev–Trinajstić information content (AvgIpc) is 2.81. The van der Waals surface area contributed by atoms with E-state index in [0.29, 0.717) is 0 Å². The van der Waals surface area contributed by atoms with Crippen LogP contribution >= 0.6 is 0 Å². The summed E-state index contributed by atoms with van der Waals surface area (Å²) in [6.07, 6.45) is 9.35. The molecule has 1 aromatic rings. The van der Waals surface area contributed by atoms with Crippen LogP contribution in [0, 0.1) is 10.2 Å². The predicted molar refractivity (Wildman–Crippen MR) is 59.4 cm³/mol. The van der Waals surface area contributed by atoms with Gasteiger partial charge in [0.2, 0.25) is 5.69 Å². The van der Waals surface area contributed by atoms with Gasteiger partial charge in [0.15, 0.2) is 6.21 Å². The number of nitrogens with one attached hydrogen (secondary N) is 1. The quantitative estimate of drug-likeness (QED) is 0.534. The second kappa shape index (κ2) is 6.00. The van der Waals surface area contributed by atoms with Gasteiger partial charge in [-0.15, -0.1) is 10.2 Å². The second-order valence-corrected chi connectivity index (χ2v) is 4.58. The minimum Gasteiger partial charge on any atom is -0.473 e. The summed E-state index contributed by atoms with van der Waals surface area (Å²) >= 11 is 0. The Morgan fingerprint density at radius 3 is 2.20 bits per heavy atom. The van der Waals surface area contributed by atoms with E-state index < -0.39 is 10.2 Å². The summed E-state index contributed by atoms with van der Waals surface area (Å²) < 4.78 is 39.0. The zero-order chi connectivity index (χ0) is 14.6. The minimum absolute atomic E-state index is 1.16. The largest absolute Gasteiger partial charge is 0.473 e. The Morgan fingerprint density at radius 1 is 0.950 bits per heavy atom. The molecule has 1 aromatic carbocycles. The number of halogens is 1. The first-order valence-corrected chi connectivity index (χ1v) is 6.72. The highest BCUT2D eigenvalue weighted by atomic mass is 35.7. The Bertz CT molecular complexity index is 593. The lowest BCUT2D eigenvalue weighted by molar-refractivity contribution is -2.00. The third-order valence-corrected chi connectivity index (χ3v) is 2.55. The molecular weight excluding hydrogens is 286 g/mol. The number of para-hydroxylation sites is 1. The van der Waals surface area contributed by atoms with Crippen LogP contribution in [-0.2, 0) is 4.74 Å². The standard InChI is InChI=1S/C13H9NO.ClHO4/c1-2-4-13-11(3-1)12(9-14-13)10-5-7-15-8-6-10;2-1(3,4)5/h1-9H;(H,2,3,4,5). The topological polar surface area (TPSA) is 115 Å². The maximum atomic E-state index is 8.49. The molecule has 0 fully saturated rings. The molecule has 104 valence electrons. The normalized spacial score (nSPS) is 15.6. The number of ether oxygens (including phenoxy) is 1. The first-order chi connectivity index (χ1) is 9.45. The van der Waals surface area contributed by atoms with E-state index in [1.165, 1.54) is 16.7 Å². The van der Waals surface area contributed by atoms with Gasteiger partial charge in [0.25, 0.3) is 0 Å². The Labute approximate surface area is 117 Å². The molecule has 3 rings (SSSR count). The molecule has 2 heterocycles. The van der Waals surface area contributed by atoms with E-state index in [1.54, 1.807) is 12.5 Å². The number of hydrogen-bond donors (Lipinski definition) is 1. The number of allylic oxidation sites excluding steroid dienone is 4. The van der Waals surface area contributed by atoms with Crippen molar-refractivity contribution < 1.29 is 38.6 Å².